The predicted molar refractivity (Wildman–Crippen MR) is 153 cm³/mol. The second-order valence-electron chi connectivity index (χ2n) is 10.4. The van der Waals surface area contributed by atoms with E-state index in [4.69, 9.17) is 9.84 Å². The van der Waals surface area contributed by atoms with E-state index in [2.05, 4.69) is 15.6 Å². The molecule has 0 spiro atoms. The third-order valence-electron chi connectivity index (χ3n) is 7.72. The number of amides is 2. The van der Waals surface area contributed by atoms with E-state index >= 15 is 0 Å². The van der Waals surface area contributed by atoms with Crippen molar-refractivity contribution in [2.75, 3.05) is 43.2 Å². The monoisotopic (exact) mass is 560 g/mol. The first kappa shape index (κ1) is 28.5. The Morgan fingerprint density at radius 1 is 1.20 bits per heavy atom. The molecule has 41 heavy (non-hydrogen) atoms. The van der Waals surface area contributed by atoms with Gasteiger partial charge >= 0.3 is 0 Å². The van der Waals surface area contributed by atoms with Crippen molar-refractivity contribution in [2.24, 2.45) is 5.92 Å². The Bertz CT molecular complexity index is 1420. The van der Waals surface area contributed by atoms with Gasteiger partial charge in [0.2, 0.25) is 5.91 Å². The van der Waals surface area contributed by atoms with Crippen LogP contribution in [0.15, 0.2) is 60.8 Å². The lowest BCUT2D eigenvalue weighted by Gasteiger charge is -2.28. The standard InChI is InChI=1S/C30H36N6O5/c1-21(5-3-4-14-34-20-23(12-16-37)32-33-34)30(40)26-17-25(41-2)10-11-27(26)36(29(30)39)19-22-6-8-24(9-7-22)35-15-13-31-18-28(35)38/h3,5-11,17,20-21,31,37,40H,4,12-16,18-19H2,1-2H3/b5-3+/t21-,30+/m0/s1. The van der Waals surface area contributed by atoms with Gasteiger partial charge < -0.3 is 30.1 Å². The second-order valence-corrected chi connectivity index (χ2v) is 10.4. The summed E-state index contributed by atoms with van der Waals surface area (Å²) in [5, 5.41) is 32.2. The number of piperazine rings is 1. The molecule has 2 atom stereocenters. The van der Waals surface area contributed by atoms with E-state index in [-0.39, 0.29) is 19.1 Å². The summed E-state index contributed by atoms with van der Waals surface area (Å²) in [5.41, 5.74) is 1.81. The quantitative estimate of drug-likeness (QED) is 0.302. The molecule has 2 aliphatic heterocycles. The number of hydrogen-bond acceptors (Lipinski definition) is 8. The molecule has 3 heterocycles. The maximum Gasteiger partial charge on any atom is 0.264 e. The molecule has 2 aliphatic rings. The van der Waals surface area contributed by atoms with Crippen molar-refractivity contribution >= 4 is 23.2 Å². The molecule has 5 rings (SSSR count). The molecule has 0 bridgehead atoms. The maximum absolute atomic E-state index is 13.9. The lowest BCUT2D eigenvalue weighted by Crippen LogP contribution is -2.48. The summed E-state index contributed by atoms with van der Waals surface area (Å²) in [6.45, 7) is 4.38. The molecule has 0 saturated carbocycles. The van der Waals surface area contributed by atoms with E-state index in [1.54, 1.807) is 39.9 Å². The summed E-state index contributed by atoms with van der Waals surface area (Å²) < 4.78 is 7.13. The van der Waals surface area contributed by atoms with Crippen molar-refractivity contribution in [3.8, 4) is 5.75 Å². The van der Waals surface area contributed by atoms with Crippen molar-refractivity contribution in [2.45, 2.75) is 38.5 Å². The zero-order valence-corrected chi connectivity index (χ0v) is 23.4. The van der Waals surface area contributed by atoms with E-state index in [9.17, 15) is 14.7 Å². The van der Waals surface area contributed by atoms with Gasteiger partial charge in [0.05, 0.1) is 31.6 Å². The van der Waals surface area contributed by atoms with Crippen LogP contribution in [0.2, 0.25) is 0 Å². The first-order valence-corrected chi connectivity index (χ1v) is 13.8. The highest BCUT2D eigenvalue weighted by Gasteiger charge is 2.52. The van der Waals surface area contributed by atoms with Gasteiger partial charge in [-0.2, -0.15) is 0 Å². The number of benzene rings is 2. The van der Waals surface area contributed by atoms with Gasteiger partial charge in [0.15, 0.2) is 5.60 Å². The fourth-order valence-corrected chi connectivity index (χ4v) is 5.38. The lowest BCUT2D eigenvalue weighted by molar-refractivity contribution is -0.139. The number of carbonyl (C=O) groups excluding carboxylic acids is 2. The fraction of sp³-hybridized carbons (Fsp3) is 0.400. The van der Waals surface area contributed by atoms with Crippen LogP contribution in [0.3, 0.4) is 0 Å². The number of aryl methyl sites for hydroxylation is 1. The minimum atomic E-state index is -1.77. The average Bonchev–Trinajstić information content (AvgIpc) is 3.52. The van der Waals surface area contributed by atoms with E-state index in [1.807, 2.05) is 49.4 Å². The molecule has 11 heteroatoms. The van der Waals surface area contributed by atoms with Crippen molar-refractivity contribution in [3.63, 3.8) is 0 Å². The number of aromatic nitrogens is 3. The van der Waals surface area contributed by atoms with Gasteiger partial charge in [-0.05, 0) is 42.3 Å². The molecule has 1 fully saturated rings. The van der Waals surface area contributed by atoms with Crippen molar-refractivity contribution in [3.05, 3.63) is 77.6 Å². The Morgan fingerprint density at radius 3 is 2.73 bits per heavy atom. The molecule has 0 aliphatic carbocycles. The minimum Gasteiger partial charge on any atom is -0.497 e. The van der Waals surface area contributed by atoms with Crippen LogP contribution in [0.4, 0.5) is 11.4 Å². The fourth-order valence-electron chi connectivity index (χ4n) is 5.38. The largest absolute Gasteiger partial charge is 0.497 e. The molecule has 2 amide bonds. The van der Waals surface area contributed by atoms with Crippen LogP contribution >= 0.6 is 0 Å². The van der Waals surface area contributed by atoms with Crippen LogP contribution in [0.1, 0.15) is 30.2 Å². The molecule has 0 radical (unpaired) electrons. The number of ether oxygens (including phenoxy) is 1. The van der Waals surface area contributed by atoms with Gasteiger partial charge in [-0.25, -0.2) is 0 Å². The number of methoxy groups -OCH3 is 1. The number of rotatable bonds is 11. The first-order chi connectivity index (χ1) is 19.8. The van der Waals surface area contributed by atoms with E-state index in [1.165, 1.54) is 0 Å². The summed E-state index contributed by atoms with van der Waals surface area (Å²) >= 11 is 0. The average molecular weight is 561 g/mol. The number of aliphatic hydroxyl groups excluding tert-OH is 1. The summed E-state index contributed by atoms with van der Waals surface area (Å²) in [4.78, 5) is 29.5. The molecule has 11 nitrogen and oxygen atoms in total. The van der Waals surface area contributed by atoms with Gasteiger partial charge in [-0.15, -0.1) is 5.10 Å². The minimum absolute atomic E-state index is 0.0227. The van der Waals surface area contributed by atoms with E-state index in [0.29, 0.717) is 49.5 Å². The molecule has 216 valence electrons. The van der Waals surface area contributed by atoms with Crippen molar-refractivity contribution in [1.29, 1.82) is 0 Å². The highest BCUT2D eigenvalue weighted by Crippen LogP contribution is 2.47. The topological polar surface area (TPSA) is 133 Å². The molecular formula is C30H36N6O5. The third-order valence-corrected chi connectivity index (χ3v) is 7.72. The number of fused-ring (bicyclic) bond motifs is 1. The summed E-state index contributed by atoms with van der Waals surface area (Å²) in [5.74, 6) is -0.332. The lowest BCUT2D eigenvalue weighted by atomic mass is 9.83. The number of nitrogens with zero attached hydrogens (tertiary/aromatic N) is 5. The van der Waals surface area contributed by atoms with Crippen molar-refractivity contribution in [1.82, 2.24) is 20.3 Å². The number of anilines is 2. The Morgan fingerprint density at radius 2 is 2.00 bits per heavy atom. The number of nitrogens with one attached hydrogen (secondary N) is 1. The second kappa shape index (κ2) is 12.2. The van der Waals surface area contributed by atoms with E-state index < -0.39 is 17.4 Å². The number of carbonyl (C=O) groups is 2. The summed E-state index contributed by atoms with van der Waals surface area (Å²) in [6, 6.07) is 12.9. The van der Waals surface area contributed by atoms with Crippen LogP contribution in [-0.2, 0) is 34.7 Å². The Kier molecular flexibility index (Phi) is 8.48. The number of allylic oxidation sites excluding steroid dienone is 1. The molecular weight excluding hydrogens is 524 g/mol. The van der Waals surface area contributed by atoms with Crippen LogP contribution in [0.5, 0.6) is 5.75 Å². The SMILES string of the molecule is COc1ccc2c(c1)[C@](O)([C@@H](C)/C=C/CCn1cc(CCO)nn1)C(=O)N2Cc1ccc(N2CCNCC2=O)cc1. The highest BCUT2D eigenvalue weighted by molar-refractivity contribution is 6.07. The summed E-state index contributed by atoms with van der Waals surface area (Å²) in [7, 11) is 1.56. The van der Waals surface area contributed by atoms with Gasteiger partial charge in [0, 0.05) is 56.0 Å². The maximum atomic E-state index is 13.9. The predicted octanol–water partition coefficient (Wildman–Crippen LogP) is 1.77. The van der Waals surface area contributed by atoms with E-state index in [0.717, 1.165) is 23.5 Å². The van der Waals surface area contributed by atoms with Crippen molar-refractivity contribution < 1.29 is 24.5 Å². The normalized spacial score (nSPS) is 19.7. The van der Waals surface area contributed by atoms with Gasteiger partial charge in [-0.3, -0.25) is 14.3 Å². The smallest absolute Gasteiger partial charge is 0.264 e. The Labute approximate surface area is 239 Å². The zero-order chi connectivity index (χ0) is 29.0. The van der Waals surface area contributed by atoms with Gasteiger partial charge in [0.25, 0.3) is 5.91 Å². The first-order valence-electron chi connectivity index (χ1n) is 13.8. The zero-order valence-electron chi connectivity index (χ0n) is 23.4. The van der Waals surface area contributed by atoms with Crippen LogP contribution in [-0.4, -0.2) is 70.4 Å². The molecule has 2 aromatic carbocycles. The number of aliphatic hydroxyl groups is 2. The molecule has 0 unspecified atom stereocenters. The number of hydrogen-bond donors (Lipinski definition) is 3. The molecule has 3 N–H and O–H groups in total. The Hall–Kier alpha value is -4.06. The Balaban J connectivity index is 1.33. The van der Waals surface area contributed by atoms with Gasteiger partial charge in [0.1, 0.15) is 5.75 Å². The van der Waals surface area contributed by atoms with Crippen LogP contribution in [0.25, 0.3) is 0 Å². The van der Waals surface area contributed by atoms with Gasteiger partial charge in [-0.1, -0.05) is 36.4 Å². The third kappa shape index (κ3) is 5.74. The molecule has 1 saturated heterocycles. The van der Waals surface area contributed by atoms with Crippen LogP contribution < -0.4 is 19.9 Å². The van der Waals surface area contributed by atoms with Crippen LogP contribution in [0, 0.1) is 5.92 Å². The molecule has 3 aromatic rings. The highest BCUT2D eigenvalue weighted by atomic mass is 16.5. The summed E-state index contributed by atoms with van der Waals surface area (Å²) in [6.07, 6.45) is 6.68. The molecule has 1 aromatic heterocycles.